The predicted octanol–water partition coefficient (Wildman–Crippen LogP) is 8.57. The van der Waals surface area contributed by atoms with E-state index in [1.165, 1.54) is 38.5 Å². The third-order valence-corrected chi connectivity index (χ3v) is 8.48. The Kier molecular flexibility index (Phi) is 31.1. The van der Waals surface area contributed by atoms with Crippen LogP contribution in [0.1, 0.15) is 155 Å². The summed E-state index contributed by atoms with van der Waals surface area (Å²) in [6, 6.07) is -0.727. The van der Waals surface area contributed by atoms with Gasteiger partial charge in [-0.3, -0.25) is 9.59 Å². The summed E-state index contributed by atoms with van der Waals surface area (Å²) in [7, 11) is 5.39. The number of carbonyl (C=O) groups excluding carboxylic acids is 3. The van der Waals surface area contributed by atoms with Crippen molar-refractivity contribution in [2.45, 2.75) is 167 Å². The Morgan fingerprint density at radius 2 is 1.12 bits per heavy atom. The third-order valence-electron chi connectivity index (χ3n) is 8.48. The maximum absolute atomic E-state index is 12.6. The summed E-state index contributed by atoms with van der Waals surface area (Å²) < 4.78 is 17.1. The average molecular weight is 692 g/mol. The van der Waals surface area contributed by atoms with Crippen molar-refractivity contribution in [3.63, 3.8) is 0 Å². The summed E-state index contributed by atoms with van der Waals surface area (Å²) in [4.78, 5) is 36.6. The maximum atomic E-state index is 12.6. The highest BCUT2D eigenvalue weighted by Gasteiger charge is 2.25. The number of esters is 2. The molecule has 0 saturated heterocycles. The minimum Gasteiger partial charge on any atom is -0.544 e. The van der Waals surface area contributed by atoms with Gasteiger partial charge in [-0.1, -0.05) is 108 Å². The smallest absolute Gasteiger partial charge is 0.306 e. The minimum atomic E-state index is -1.13. The molecule has 0 amide bonds. The van der Waals surface area contributed by atoms with Crippen LogP contribution >= 0.6 is 0 Å². The first-order valence-corrected chi connectivity index (χ1v) is 19.5. The van der Waals surface area contributed by atoms with Crippen LogP contribution < -0.4 is 5.11 Å². The van der Waals surface area contributed by atoms with E-state index < -0.39 is 18.1 Å². The number of hydrogen-bond donors (Lipinski definition) is 0. The Morgan fingerprint density at radius 3 is 1.67 bits per heavy atom. The van der Waals surface area contributed by atoms with Gasteiger partial charge in [-0.15, -0.1) is 0 Å². The van der Waals surface area contributed by atoms with E-state index in [0.717, 1.165) is 83.5 Å². The molecule has 0 aromatic carbocycles. The van der Waals surface area contributed by atoms with E-state index in [1.54, 1.807) is 21.1 Å². The van der Waals surface area contributed by atoms with E-state index in [0.29, 0.717) is 12.8 Å². The van der Waals surface area contributed by atoms with Crippen LogP contribution in [0.15, 0.2) is 36.5 Å². The van der Waals surface area contributed by atoms with E-state index in [4.69, 9.17) is 14.2 Å². The van der Waals surface area contributed by atoms with Crippen molar-refractivity contribution in [3.05, 3.63) is 36.5 Å². The molecule has 0 spiro atoms. The molecule has 8 heteroatoms. The molecule has 0 aliphatic carbocycles. The monoisotopic (exact) mass is 692 g/mol. The van der Waals surface area contributed by atoms with Crippen LogP contribution in [0.25, 0.3) is 0 Å². The fourth-order valence-corrected chi connectivity index (χ4v) is 5.40. The number of nitrogens with zero attached hydrogens (tertiary/aromatic N) is 1. The Balaban J connectivity index is 4.46. The van der Waals surface area contributed by atoms with Crippen molar-refractivity contribution in [2.75, 3.05) is 41.0 Å². The van der Waals surface area contributed by atoms with Gasteiger partial charge in [-0.05, 0) is 64.2 Å². The van der Waals surface area contributed by atoms with Crippen LogP contribution in [0.2, 0.25) is 0 Å². The Morgan fingerprint density at radius 1 is 0.612 bits per heavy atom. The van der Waals surface area contributed by atoms with Crippen molar-refractivity contribution in [1.29, 1.82) is 0 Å². The van der Waals surface area contributed by atoms with Crippen LogP contribution in [0.5, 0.6) is 0 Å². The average Bonchev–Trinajstić information content (AvgIpc) is 3.05. The topological polar surface area (TPSA) is 102 Å². The van der Waals surface area contributed by atoms with E-state index in [1.807, 2.05) is 0 Å². The number of ether oxygens (including phenoxy) is 3. The highest BCUT2D eigenvalue weighted by Crippen LogP contribution is 2.12. The molecule has 0 radical (unpaired) electrons. The molecule has 0 bridgehead atoms. The number of carbonyl (C=O) groups is 3. The van der Waals surface area contributed by atoms with Crippen LogP contribution in [0.3, 0.4) is 0 Å². The third kappa shape index (κ3) is 31.3. The molecular formula is C41H73NO7. The van der Waals surface area contributed by atoms with Crippen molar-refractivity contribution < 1.29 is 38.2 Å². The van der Waals surface area contributed by atoms with Crippen molar-refractivity contribution in [2.24, 2.45) is 0 Å². The zero-order valence-corrected chi connectivity index (χ0v) is 32.1. The number of unbranched alkanes of at least 4 members (excludes halogenated alkanes) is 14. The second-order valence-corrected chi connectivity index (χ2v) is 14.2. The summed E-state index contributed by atoms with van der Waals surface area (Å²) in [5, 5.41) is 11.6. The molecule has 0 aliphatic rings. The van der Waals surface area contributed by atoms with E-state index in [-0.39, 0.29) is 42.7 Å². The lowest BCUT2D eigenvalue weighted by molar-refractivity contribution is -0.889. The Hall–Kier alpha value is -2.45. The number of carboxylic acids is 1. The quantitative estimate of drug-likeness (QED) is 0.0288. The van der Waals surface area contributed by atoms with E-state index >= 15 is 0 Å². The second-order valence-electron chi connectivity index (χ2n) is 14.2. The second kappa shape index (κ2) is 32.7. The minimum absolute atomic E-state index is 0.0326. The Labute approximate surface area is 300 Å². The lowest BCUT2D eigenvalue weighted by atomic mass is 10.1. The first kappa shape index (κ1) is 46.5. The van der Waals surface area contributed by atoms with Gasteiger partial charge in [-0.2, -0.15) is 0 Å². The van der Waals surface area contributed by atoms with Crippen molar-refractivity contribution in [3.8, 4) is 0 Å². The fourth-order valence-electron chi connectivity index (χ4n) is 5.40. The molecule has 0 aromatic rings. The SMILES string of the molecule is CCC/C=C\C/C=C\CCCCCCCC(=O)OC(COCCC(C(=O)[O-])[N+](C)(C)C)COC(=O)CCCCCCC/C=C\CCCCC. The summed E-state index contributed by atoms with van der Waals surface area (Å²) in [5.41, 5.74) is 0. The van der Waals surface area contributed by atoms with E-state index in [9.17, 15) is 19.5 Å². The molecule has 0 aromatic heterocycles. The van der Waals surface area contributed by atoms with Crippen LogP contribution in [-0.2, 0) is 28.6 Å². The molecule has 2 unspecified atom stereocenters. The number of carboxylic acid groups (broad SMARTS) is 1. The van der Waals surface area contributed by atoms with Crippen molar-refractivity contribution in [1.82, 2.24) is 0 Å². The molecular weight excluding hydrogens is 618 g/mol. The number of aliphatic carboxylic acids is 1. The van der Waals surface area contributed by atoms with Crippen LogP contribution in [0, 0.1) is 0 Å². The largest absolute Gasteiger partial charge is 0.544 e. The van der Waals surface area contributed by atoms with Crippen molar-refractivity contribution >= 4 is 17.9 Å². The van der Waals surface area contributed by atoms with E-state index in [2.05, 4.69) is 50.3 Å². The van der Waals surface area contributed by atoms with Gasteiger partial charge in [0.15, 0.2) is 6.10 Å². The molecule has 0 aliphatic heterocycles. The standard InChI is InChI=1S/C41H73NO7/c1-6-8-10-12-14-16-18-20-22-24-26-28-30-32-40(44)49-37(35-47-34-33-38(41(45)46)42(3,4)5)36-48-39(43)31-29-27-25-23-21-19-17-15-13-11-9-7-2/h10,12,15-18,37-38H,6-9,11,13-14,19-36H2,1-5H3/b12-10-,17-15-,18-16-. The first-order chi connectivity index (χ1) is 23.6. The van der Waals surface area contributed by atoms with Gasteiger partial charge in [0.25, 0.3) is 0 Å². The number of allylic oxidation sites excluding steroid dienone is 6. The highest BCUT2D eigenvalue weighted by atomic mass is 16.6. The summed E-state index contributed by atoms with van der Waals surface area (Å²) in [5.74, 6) is -1.77. The lowest BCUT2D eigenvalue weighted by Gasteiger charge is -2.34. The van der Waals surface area contributed by atoms with Gasteiger partial charge in [0.1, 0.15) is 12.6 Å². The molecule has 0 rings (SSSR count). The number of rotatable bonds is 34. The normalized spacial score (nSPS) is 13.4. The molecule has 0 heterocycles. The number of likely N-dealkylation sites (N-methyl/N-ethyl adjacent to an activating group) is 1. The van der Waals surface area contributed by atoms with Crippen LogP contribution in [-0.4, -0.2) is 75.5 Å². The lowest BCUT2D eigenvalue weighted by Crippen LogP contribution is -2.55. The molecule has 0 saturated carbocycles. The number of hydrogen-bond acceptors (Lipinski definition) is 7. The highest BCUT2D eigenvalue weighted by molar-refractivity contribution is 5.70. The van der Waals surface area contributed by atoms with Gasteiger partial charge >= 0.3 is 11.9 Å². The molecule has 2 atom stereocenters. The zero-order valence-electron chi connectivity index (χ0n) is 32.1. The van der Waals surface area contributed by atoms with Gasteiger partial charge < -0.3 is 28.6 Å². The first-order valence-electron chi connectivity index (χ1n) is 19.5. The molecule has 0 N–H and O–H groups in total. The summed E-state index contributed by atoms with van der Waals surface area (Å²) in [6.45, 7) is 4.53. The Bertz CT molecular complexity index is 906. The fraction of sp³-hybridized carbons (Fsp3) is 0.780. The van der Waals surface area contributed by atoms with Gasteiger partial charge in [0.2, 0.25) is 0 Å². The summed E-state index contributed by atoms with van der Waals surface area (Å²) >= 11 is 0. The number of quaternary nitrogens is 1. The molecule has 49 heavy (non-hydrogen) atoms. The zero-order chi connectivity index (χ0) is 36.4. The predicted molar refractivity (Wildman–Crippen MR) is 199 cm³/mol. The molecule has 284 valence electrons. The van der Waals surface area contributed by atoms with Gasteiger partial charge in [0, 0.05) is 19.3 Å². The molecule has 0 fully saturated rings. The molecule has 8 nitrogen and oxygen atoms in total. The van der Waals surface area contributed by atoms with Gasteiger partial charge in [0.05, 0.1) is 40.3 Å². The maximum Gasteiger partial charge on any atom is 0.306 e. The summed E-state index contributed by atoms with van der Waals surface area (Å²) in [6.07, 6.45) is 34.5. The van der Waals surface area contributed by atoms with Crippen LogP contribution in [0.4, 0.5) is 0 Å². The van der Waals surface area contributed by atoms with Gasteiger partial charge in [-0.25, -0.2) is 0 Å².